The lowest BCUT2D eigenvalue weighted by atomic mass is 10.0. The van der Waals surface area contributed by atoms with Crippen molar-refractivity contribution < 1.29 is 4.39 Å². The van der Waals surface area contributed by atoms with Crippen molar-refractivity contribution in [2.45, 2.75) is 19.4 Å². The quantitative estimate of drug-likeness (QED) is 0.806. The van der Waals surface area contributed by atoms with Crippen LogP contribution in [0.3, 0.4) is 0 Å². The summed E-state index contributed by atoms with van der Waals surface area (Å²) in [5.74, 6) is 1.48. The monoisotopic (exact) mass is 310 g/mol. The molecule has 1 atom stereocenters. The number of imidazole rings is 1. The van der Waals surface area contributed by atoms with Crippen molar-refractivity contribution in [2.24, 2.45) is 5.92 Å². The van der Waals surface area contributed by atoms with Crippen LogP contribution in [0.15, 0.2) is 42.6 Å². The fourth-order valence-corrected chi connectivity index (χ4v) is 3.25. The molecular formula is C18H19FN4. The summed E-state index contributed by atoms with van der Waals surface area (Å²) >= 11 is 0. The van der Waals surface area contributed by atoms with Crippen LogP contribution in [0.4, 0.5) is 4.39 Å². The maximum atomic E-state index is 13.1. The predicted molar refractivity (Wildman–Crippen MR) is 87.7 cm³/mol. The normalized spacial score (nSPS) is 17.9. The van der Waals surface area contributed by atoms with E-state index in [0.717, 1.165) is 42.1 Å². The molecule has 1 aromatic carbocycles. The van der Waals surface area contributed by atoms with Crippen molar-refractivity contribution in [3.63, 3.8) is 0 Å². The number of hydrogen-bond acceptors (Lipinski definition) is 3. The second-order valence-electron chi connectivity index (χ2n) is 6.15. The zero-order valence-corrected chi connectivity index (χ0v) is 12.9. The SMILES string of the molecule is Fc1ccc(Cn2c(CC3CCNC3)nc3cccnc32)cc1. The number of aromatic nitrogens is 3. The average molecular weight is 310 g/mol. The van der Waals surface area contributed by atoms with Crippen LogP contribution >= 0.6 is 0 Å². The Morgan fingerprint density at radius 2 is 2.09 bits per heavy atom. The van der Waals surface area contributed by atoms with E-state index in [0.29, 0.717) is 12.5 Å². The Balaban J connectivity index is 1.71. The summed E-state index contributed by atoms with van der Waals surface area (Å²) in [5.41, 5.74) is 2.88. The molecule has 1 N–H and O–H groups in total. The fourth-order valence-electron chi connectivity index (χ4n) is 3.25. The van der Waals surface area contributed by atoms with Gasteiger partial charge in [-0.15, -0.1) is 0 Å². The molecule has 0 bridgehead atoms. The van der Waals surface area contributed by atoms with Gasteiger partial charge in [-0.25, -0.2) is 14.4 Å². The van der Waals surface area contributed by atoms with Gasteiger partial charge in [0.25, 0.3) is 0 Å². The minimum Gasteiger partial charge on any atom is -0.316 e. The molecule has 1 aliphatic heterocycles. The molecule has 1 saturated heterocycles. The first-order chi connectivity index (χ1) is 11.3. The number of hydrogen-bond donors (Lipinski definition) is 1. The molecule has 118 valence electrons. The second-order valence-corrected chi connectivity index (χ2v) is 6.15. The highest BCUT2D eigenvalue weighted by Gasteiger charge is 2.20. The molecule has 2 aromatic heterocycles. The molecule has 4 nitrogen and oxygen atoms in total. The van der Waals surface area contributed by atoms with Crippen LogP contribution in [-0.2, 0) is 13.0 Å². The van der Waals surface area contributed by atoms with Gasteiger partial charge in [-0.2, -0.15) is 0 Å². The standard InChI is InChI=1S/C18H19FN4/c19-15-5-3-13(4-6-15)12-23-17(10-14-7-9-20-11-14)22-16-2-1-8-21-18(16)23/h1-6,8,14,20H,7,9-12H2. The maximum absolute atomic E-state index is 13.1. The Morgan fingerprint density at radius 3 is 2.87 bits per heavy atom. The Bertz CT molecular complexity index is 804. The third-order valence-corrected chi connectivity index (χ3v) is 4.47. The minimum absolute atomic E-state index is 0.209. The Labute approximate surface area is 134 Å². The van der Waals surface area contributed by atoms with E-state index in [2.05, 4.69) is 14.9 Å². The Morgan fingerprint density at radius 1 is 1.22 bits per heavy atom. The van der Waals surface area contributed by atoms with Gasteiger partial charge in [0.15, 0.2) is 5.65 Å². The number of halogens is 1. The third kappa shape index (κ3) is 2.97. The van der Waals surface area contributed by atoms with Gasteiger partial charge in [-0.05, 0) is 55.3 Å². The highest BCUT2D eigenvalue weighted by Crippen LogP contribution is 2.21. The molecule has 5 heteroatoms. The van der Waals surface area contributed by atoms with Gasteiger partial charge in [0, 0.05) is 12.6 Å². The first-order valence-corrected chi connectivity index (χ1v) is 8.05. The van der Waals surface area contributed by atoms with Crippen molar-refractivity contribution in [3.05, 3.63) is 59.8 Å². The van der Waals surface area contributed by atoms with Crippen LogP contribution in [0.1, 0.15) is 17.8 Å². The Hall–Kier alpha value is -2.27. The van der Waals surface area contributed by atoms with Crippen LogP contribution in [0.2, 0.25) is 0 Å². The topological polar surface area (TPSA) is 42.7 Å². The van der Waals surface area contributed by atoms with Crippen LogP contribution < -0.4 is 5.32 Å². The van der Waals surface area contributed by atoms with Crippen molar-refractivity contribution in [1.29, 1.82) is 0 Å². The molecule has 0 aliphatic carbocycles. The summed E-state index contributed by atoms with van der Waals surface area (Å²) in [6.45, 7) is 2.80. The second kappa shape index (κ2) is 6.08. The van der Waals surface area contributed by atoms with Gasteiger partial charge >= 0.3 is 0 Å². The van der Waals surface area contributed by atoms with Crippen LogP contribution in [-0.4, -0.2) is 27.6 Å². The minimum atomic E-state index is -0.209. The first-order valence-electron chi connectivity index (χ1n) is 8.05. The zero-order valence-electron chi connectivity index (χ0n) is 12.9. The number of benzene rings is 1. The van der Waals surface area contributed by atoms with Crippen LogP contribution in [0.25, 0.3) is 11.2 Å². The average Bonchev–Trinajstić information content (AvgIpc) is 3.19. The number of rotatable bonds is 4. The first kappa shape index (κ1) is 14.3. The molecule has 1 aliphatic rings. The van der Waals surface area contributed by atoms with Gasteiger partial charge in [0.05, 0.1) is 6.54 Å². The van der Waals surface area contributed by atoms with E-state index in [1.807, 2.05) is 24.3 Å². The molecular weight excluding hydrogens is 291 g/mol. The molecule has 3 aromatic rings. The summed E-state index contributed by atoms with van der Waals surface area (Å²) in [4.78, 5) is 9.29. The van der Waals surface area contributed by atoms with E-state index in [4.69, 9.17) is 4.98 Å². The van der Waals surface area contributed by atoms with E-state index in [-0.39, 0.29) is 5.82 Å². The van der Waals surface area contributed by atoms with Gasteiger partial charge in [0.1, 0.15) is 17.2 Å². The van der Waals surface area contributed by atoms with Crippen molar-refractivity contribution in [1.82, 2.24) is 19.9 Å². The molecule has 0 spiro atoms. The lowest BCUT2D eigenvalue weighted by Crippen LogP contribution is -2.14. The summed E-state index contributed by atoms with van der Waals surface area (Å²) in [6, 6.07) is 10.6. The van der Waals surface area contributed by atoms with E-state index < -0.39 is 0 Å². The van der Waals surface area contributed by atoms with E-state index in [1.54, 1.807) is 6.20 Å². The zero-order chi connectivity index (χ0) is 15.6. The van der Waals surface area contributed by atoms with Crippen LogP contribution in [0.5, 0.6) is 0 Å². The highest BCUT2D eigenvalue weighted by atomic mass is 19.1. The summed E-state index contributed by atoms with van der Waals surface area (Å²) in [6.07, 6.45) is 3.93. The molecule has 4 rings (SSSR count). The lowest BCUT2D eigenvalue weighted by Gasteiger charge is -2.12. The smallest absolute Gasteiger partial charge is 0.160 e. The number of fused-ring (bicyclic) bond motifs is 1. The predicted octanol–water partition coefficient (Wildman–Crippen LogP) is 2.77. The molecule has 3 heterocycles. The molecule has 0 saturated carbocycles. The summed E-state index contributed by atoms with van der Waals surface area (Å²) in [7, 11) is 0. The molecule has 1 unspecified atom stereocenters. The summed E-state index contributed by atoms with van der Waals surface area (Å²) < 4.78 is 15.3. The molecule has 23 heavy (non-hydrogen) atoms. The third-order valence-electron chi connectivity index (χ3n) is 4.47. The molecule has 1 fully saturated rings. The van der Waals surface area contributed by atoms with E-state index in [1.165, 1.54) is 18.6 Å². The van der Waals surface area contributed by atoms with Crippen molar-refractivity contribution >= 4 is 11.2 Å². The van der Waals surface area contributed by atoms with E-state index in [9.17, 15) is 4.39 Å². The largest absolute Gasteiger partial charge is 0.316 e. The van der Waals surface area contributed by atoms with Crippen LogP contribution in [0, 0.1) is 11.7 Å². The van der Waals surface area contributed by atoms with Gasteiger partial charge in [-0.1, -0.05) is 12.1 Å². The van der Waals surface area contributed by atoms with Gasteiger partial charge < -0.3 is 9.88 Å². The van der Waals surface area contributed by atoms with Gasteiger partial charge in [-0.3, -0.25) is 0 Å². The highest BCUT2D eigenvalue weighted by molar-refractivity contribution is 5.71. The molecule has 0 radical (unpaired) electrons. The number of pyridine rings is 1. The van der Waals surface area contributed by atoms with Gasteiger partial charge in [0.2, 0.25) is 0 Å². The van der Waals surface area contributed by atoms with E-state index >= 15 is 0 Å². The van der Waals surface area contributed by atoms with Crippen molar-refractivity contribution in [3.8, 4) is 0 Å². The Kier molecular flexibility index (Phi) is 3.79. The lowest BCUT2D eigenvalue weighted by molar-refractivity contribution is 0.545. The van der Waals surface area contributed by atoms with Crippen molar-refractivity contribution in [2.75, 3.05) is 13.1 Å². The molecule has 0 amide bonds. The number of nitrogens with zero attached hydrogens (tertiary/aromatic N) is 3. The fraction of sp³-hybridized carbons (Fsp3) is 0.333. The summed E-state index contributed by atoms with van der Waals surface area (Å²) in [5, 5.41) is 3.41. The maximum Gasteiger partial charge on any atom is 0.160 e. The number of nitrogens with one attached hydrogen (secondary N) is 1.